The summed E-state index contributed by atoms with van der Waals surface area (Å²) in [5, 5.41) is 3.03. The van der Waals surface area contributed by atoms with Gasteiger partial charge in [0, 0.05) is 51.2 Å². The van der Waals surface area contributed by atoms with Gasteiger partial charge in [-0.05, 0) is 26.3 Å². The molecular weight excluding hydrogens is 366 g/mol. The first-order valence-electron chi connectivity index (χ1n) is 10.4. The molecule has 1 aliphatic rings. The lowest BCUT2D eigenvalue weighted by Crippen LogP contribution is -2.47. The Kier molecular flexibility index (Phi) is 7.66. The van der Waals surface area contributed by atoms with Crippen molar-refractivity contribution in [2.24, 2.45) is 0 Å². The first kappa shape index (κ1) is 21.3. The van der Waals surface area contributed by atoms with E-state index in [4.69, 9.17) is 4.74 Å². The fourth-order valence-electron chi connectivity index (χ4n) is 3.49. The molecule has 0 unspecified atom stereocenters. The summed E-state index contributed by atoms with van der Waals surface area (Å²) in [6, 6.07) is 8.54. The van der Waals surface area contributed by atoms with Crippen molar-refractivity contribution in [3.05, 3.63) is 53.6 Å². The number of aromatic nitrogens is 2. The van der Waals surface area contributed by atoms with Gasteiger partial charge >= 0.3 is 6.03 Å². The summed E-state index contributed by atoms with van der Waals surface area (Å²) in [6.07, 6.45) is 3.80. The van der Waals surface area contributed by atoms with E-state index in [0.29, 0.717) is 13.1 Å². The van der Waals surface area contributed by atoms with Crippen LogP contribution in [0.1, 0.15) is 30.8 Å². The van der Waals surface area contributed by atoms with Gasteiger partial charge in [0.1, 0.15) is 5.82 Å². The molecule has 1 aromatic carbocycles. The van der Waals surface area contributed by atoms with Crippen LogP contribution in [0, 0.1) is 6.92 Å². The highest BCUT2D eigenvalue weighted by atomic mass is 16.5. The highest BCUT2D eigenvalue weighted by Crippen LogP contribution is 2.11. The van der Waals surface area contributed by atoms with Gasteiger partial charge in [-0.1, -0.05) is 29.8 Å². The van der Waals surface area contributed by atoms with Crippen molar-refractivity contribution in [3.63, 3.8) is 0 Å². The van der Waals surface area contributed by atoms with Crippen LogP contribution in [0.15, 0.2) is 36.7 Å². The molecule has 1 aliphatic heterocycles. The van der Waals surface area contributed by atoms with Crippen LogP contribution >= 0.6 is 0 Å². The Morgan fingerprint density at radius 1 is 1.31 bits per heavy atom. The molecule has 1 aromatic heterocycles. The van der Waals surface area contributed by atoms with Crippen LogP contribution in [-0.4, -0.2) is 70.8 Å². The van der Waals surface area contributed by atoms with E-state index >= 15 is 0 Å². The molecule has 0 atom stereocenters. The highest BCUT2D eigenvalue weighted by molar-refractivity contribution is 5.74. The van der Waals surface area contributed by atoms with Gasteiger partial charge in [-0.3, -0.25) is 4.90 Å². The van der Waals surface area contributed by atoms with E-state index < -0.39 is 0 Å². The third-order valence-corrected chi connectivity index (χ3v) is 5.06. The summed E-state index contributed by atoms with van der Waals surface area (Å²) < 4.78 is 7.55. The smallest absolute Gasteiger partial charge is 0.318 e. The Morgan fingerprint density at radius 2 is 2.10 bits per heavy atom. The molecule has 7 heteroatoms. The minimum atomic E-state index is -0.0432. The molecule has 7 nitrogen and oxygen atoms in total. The number of ether oxygens (including phenoxy) is 1. The van der Waals surface area contributed by atoms with E-state index in [2.05, 4.69) is 51.0 Å². The van der Waals surface area contributed by atoms with Gasteiger partial charge in [-0.2, -0.15) is 0 Å². The number of rotatable bonds is 8. The van der Waals surface area contributed by atoms with E-state index in [1.54, 1.807) is 0 Å². The number of aryl methyl sites for hydroxylation is 1. The Bertz CT molecular complexity index is 783. The molecule has 2 aromatic rings. The normalized spacial score (nSPS) is 14.9. The second-order valence-corrected chi connectivity index (χ2v) is 7.94. The summed E-state index contributed by atoms with van der Waals surface area (Å²) in [5.41, 5.74) is 2.48. The number of imidazole rings is 1. The van der Waals surface area contributed by atoms with E-state index in [-0.39, 0.29) is 12.1 Å². The molecule has 1 N–H and O–H groups in total. The topological polar surface area (TPSA) is 62.6 Å². The zero-order valence-electron chi connectivity index (χ0n) is 17.8. The van der Waals surface area contributed by atoms with Crippen LogP contribution in [0.25, 0.3) is 0 Å². The average molecular weight is 400 g/mol. The first-order chi connectivity index (χ1) is 14.0. The monoisotopic (exact) mass is 399 g/mol. The van der Waals surface area contributed by atoms with Gasteiger partial charge in [0.05, 0.1) is 19.8 Å². The predicted molar refractivity (Wildman–Crippen MR) is 114 cm³/mol. The number of morpholine rings is 1. The van der Waals surface area contributed by atoms with Crippen LogP contribution < -0.4 is 5.32 Å². The number of amides is 2. The summed E-state index contributed by atoms with van der Waals surface area (Å²) in [5.74, 6) is 0.896. The summed E-state index contributed by atoms with van der Waals surface area (Å²) >= 11 is 0. The molecule has 29 heavy (non-hydrogen) atoms. The highest BCUT2D eigenvalue weighted by Gasteiger charge is 2.19. The first-order valence-corrected chi connectivity index (χ1v) is 10.4. The van der Waals surface area contributed by atoms with Gasteiger partial charge < -0.3 is 19.5 Å². The standard InChI is InChI=1S/C22H33N5O2/c1-18(2)24-22(28)27(10-9-25-11-13-29-14-12-25)17-21-23-7-8-26(21)16-20-6-4-5-19(3)15-20/h4-8,15,18H,9-14,16-17H2,1-3H3,(H,24,28). The lowest BCUT2D eigenvalue weighted by Gasteiger charge is -2.30. The molecule has 1 saturated heterocycles. The molecule has 0 saturated carbocycles. The maximum absolute atomic E-state index is 12.8. The zero-order valence-corrected chi connectivity index (χ0v) is 17.8. The molecule has 0 radical (unpaired) electrons. The van der Waals surface area contributed by atoms with Crippen LogP contribution in [0.3, 0.4) is 0 Å². The molecule has 3 rings (SSSR count). The Morgan fingerprint density at radius 3 is 2.83 bits per heavy atom. The number of carbonyl (C=O) groups excluding carboxylic acids is 1. The van der Waals surface area contributed by atoms with Crippen LogP contribution in [0.2, 0.25) is 0 Å². The van der Waals surface area contributed by atoms with Gasteiger partial charge in [0.2, 0.25) is 0 Å². The Balaban J connectivity index is 1.68. The average Bonchev–Trinajstić information content (AvgIpc) is 3.12. The quantitative estimate of drug-likeness (QED) is 0.741. The van der Waals surface area contributed by atoms with Gasteiger partial charge in [-0.15, -0.1) is 0 Å². The van der Waals surface area contributed by atoms with Crippen molar-refractivity contribution < 1.29 is 9.53 Å². The van der Waals surface area contributed by atoms with E-state index in [1.807, 2.05) is 31.1 Å². The van der Waals surface area contributed by atoms with Crippen molar-refractivity contribution in [2.45, 2.75) is 39.9 Å². The van der Waals surface area contributed by atoms with Gasteiger partial charge in [0.25, 0.3) is 0 Å². The van der Waals surface area contributed by atoms with E-state index in [0.717, 1.165) is 45.2 Å². The van der Waals surface area contributed by atoms with Crippen LogP contribution in [-0.2, 0) is 17.8 Å². The summed E-state index contributed by atoms with van der Waals surface area (Å²) in [4.78, 5) is 21.6. The molecule has 0 aliphatic carbocycles. The number of nitrogens with zero attached hydrogens (tertiary/aromatic N) is 4. The number of carbonyl (C=O) groups is 1. The van der Waals surface area contributed by atoms with E-state index in [9.17, 15) is 4.79 Å². The van der Waals surface area contributed by atoms with Crippen molar-refractivity contribution in [1.82, 2.24) is 24.7 Å². The number of benzene rings is 1. The lowest BCUT2D eigenvalue weighted by molar-refractivity contribution is 0.0345. The predicted octanol–water partition coefficient (Wildman–Crippen LogP) is 2.49. The zero-order chi connectivity index (χ0) is 20.6. The van der Waals surface area contributed by atoms with E-state index in [1.165, 1.54) is 11.1 Å². The minimum Gasteiger partial charge on any atom is -0.379 e. The number of hydrogen-bond donors (Lipinski definition) is 1. The van der Waals surface area contributed by atoms with Crippen molar-refractivity contribution in [2.75, 3.05) is 39.4 Å². The molecule has 158 valence electrons. The number of nitrogens with one attached hydrogen (secondary N) is 1. The summed E-state index contributed by atoms with van der Waals surface area (Å²) in [6.45, 7) is 12.2. The lowest BCUT2D eigenvalue weighted by atomic mass is 10.1. The van der Waals surface area contributed by atoms with Crippen LogP contribution in [0.5, 0.6) is 0 Å². The summed E-state index contributed by atoms with van der Waals surface area (Å²) in [7, 11) is 0. The third-order valence-electron chi connectivity index (χ3n) is 5.06. The fraction of sp³-hybridized carbons (Fsp3) is 0.545. The molecule has 2 amide bonds. The van der Waals surface area contributed by atoms with Crippen LogP contribution in [0.4, 0.5) is 4.79 Å². The maximum Gasteiger partial charge on any atom is 0.318 e. The maximum atomic E-state index is 12.8. The Hall–Kier alpha value is -2.38. The van der Waals surface area contributed by atoms with Crippen molar-refractivity contribution >= 4 is 6.03 Å². The Labute approximate surface area is 173 Å². The SMILES string of the molecule is Cc1cccc(Cn2ccnc2CN(CCN2CCOCC2)C(=O)NC(C)C)c1. The van der Waals surface area contributed by atoms with Gasteiger partial charge in [-0.25, -0.2) is 9.78 Å². The molecule has 0 bridgehead atoms. The molecular formula is C22H33N5O2. The molecule has 0 spiro atoms. The number of urea groups is 1. The van der Waals surface area contributed by atoms with Crippen molar-refractivity contribution in [1.29, 1.82) is 0 Å². The molecule has 1 fully saturated rings. The fourth-order valence-corrected chi connectivity index (χ4v) is 3.49. The molecule has 2 heterocycles. The minimum absolute atomic E-state index is 0.0432. The van der Waals surface area contributed by atoms with Crippen molar-refractivity contribution in [3.8, 4) is 0 Å². The second-order valence-electron chi connectivity index (χ2n) is 7.94. The second kappa shape index (κ2) is 10.4. The number of hydrogen-bond acceptors (Lipinski definition) is 4. The third kappa shape index (κ3) is 6.58. The van der Waals surface area contributed by atoms with Gasteiger partial charge in [0.15, 0.2) is 0 Å². The largest absolute Gasteiger partial charge is 0.379 e.